The molecule has 0 radical (unpaired) electrons. The monoisotopic (exact) mass is 456 g/mol. The molecule has 3 unspecified atom stereocenters. The summed E-state index contributed by atoms with van der Waals surface area (Å²) >= 11 is 0. The fourth-order valence-corrected chi connectivity index (χ4v) is 4.37. The minimum Gasteiger partial charge on any atom is -0.468 e. The first-order valence-corrected chi connectivity index (χ1v) is 11.2. The van der Waals surface area contributed by atoms with Crippen molar-refractivity contribution in [2.45, 2.75) is 45.8 Å². The molecular formula is C25H32N2O6. The molecule has 3 rings (SSSR count). The van der Waals surface area contributed by atoms with Crippen molar-refractivity contribution in [3.05, 3.63) is 47.5 Å². The molecule has 33 heavy (non-hydrogen) atoms. The third-order valence-electron chi connectivity index (χ3n) is 6.71. The molecule has 0 aromatic heterocycles. The maximum absolute atomic E-state index is 12.9. The molecule has 178 valence electrons. The molecule has 2 heterocycles. The van der Waals surface area contributed by atoms with Crippen LogP contribution in [0.3, 0.4) is 0 Å². The van der Waals surface area contributed by atoms with Crippen LogP contribution in [0.15, 0.2) is 36.4 Å². The quantitative estimate of drug-likeness (QED) is 0.383. The molecule has 2 aliphatic heterocycles. The molecular weight excluding hydrogens is 424 g/mol. The van der Waals surface area contributed by atoms with Gasteiger partial charge in [0.05, 0.1) is 19.3 Å². The fourth-order valence-electron chi connectivity index (χ4n) is 4.37. The Bertz CT molecular complexity index is 948. The van der Waals surface area contributed by atoms with Crippen LogP contribution in [0.2, 0.25) is 0 Å². The number of carbonyl (C=O) groups is 4. The summed E-state index contributed by atoms with van der Waals surface area (Å²) in [5, 5.41) is 0. The van der Waals surface area contributed by atoms with Gasteiger partial charge in [0.2, 0.25) is 5.91 Å². The minimum atomic E-state index is -1.53. The number of methoxy groups -OCH3 is 1. The number of benzene rings is 1. The highest BCUT2D eigenvalue weighted by Gasteiger charge is 2.54. The Hall–Kier alpha value is -3.00. The first-order valence-electron chi connectivity index (χ1n) is 11.2. The number of hydrogen-bond donors (Lipinski definition) is 0. The van der Waals surface area contributed by atoms with Crippen molar-refractivity contribution >= 4 is 23.6 Å². The highest BCUT2D eigenvalue weighted by molar-refractivity contribution is 6.13. The molecule has 0 spiro atoms. The third kappa shape index (κ3) is 4.85. The number of Topliss-reactive ketones (excluding diaryl/α,β-unsaturated/α-hetero) is 1. The van der Waals surface area contributed by atoms with Crippen LogP contribution >= 0.6 is 0 Å². The Kier molecular flexibility index (Phi) is 7.37. The van der Waals surface area contributed by atoms with Crippen molar-refractivity contribution in [2.24, 2.45) is 5.41 Å². The average Bonchev–Trinajstić information content (AvgIpc) is 2.83. The molecule has 3 atom stereocenters. The van der Waals surface area contributed by atoms with Gasteiger partial charge < -0.3 is 19.3 Å². The van der Waals surface area contributed by atoms with Gasteiger partial charge in [-0.05, 0) is 39.3 Å². The van der Waals surface area contributed by atoms with Gasteiger partial charge >= 0.3 is 5.97 Å². The smallest absolute Gasteiger partial charge is 0.322 e. The molecule has 2 saturated heterocycles. The molecule has 8 nitrogen and oxygen atoms in total. The Morgan fingerprint density at radius 3 is 2.27 bits per heavy atom. The molecule has 2 fully saturated rings. The van der Waals surface area contributed by atoms with E-state index in [1.54, 1.807) is 16.7 Å². The van der Waals surface area contributed by atoms with Crippen molar-refractivity contribution in [1.82, 2.24) is 9.80 Å². The zero-order valence-electron chi connectivity index (χ0n) is 19.8. The highest BCUT2D eigenvalue weighted by Crippen LogP contribution is 2.39. The van der Waals surface area contributed by atoms with E-state index in [2.05, 4.69) is 6.58 Å². The van der Waals surface area contributed by atoms with Crippen LogP contribution in [0.5, 0.6) is 0 Å². The molecule has 1 aromatic carbocycles. The average molecular weight is 457 g/mol. The van der Waals surface area contributed by atoms with Gasteiger partial charge in [0, 0.05) is 43.7 Å². The number of piperazine rings is 1. The lowest BCUT2D eigenvalue weighted by Crippen LogP contribution is -2.55. The summed E-state index contributed by atoms with van der Waals surface area (Å²) in [4.78, 5) is 54.3. The number of carbonyl (C=O) groups excluding carboxylic acids is 4. The summed E-state index contributed by atoms with van der Waals surface area (Å²) in [6.07, 6.45) is -0.996. The van der Waals surface area contributed by atoms with E-state index >= 15 is 0 Å². The molecule has 0 aliphatic carbocycles. The van der Waals surface area contributed by atoms with Gasteiger partial charge in [-0.3, -0.25) is 19.2 Å². The van der Waals surface area contributed by atoms with Crippen LogP contribution in [-0.4, -0.2) is 78.9 Å². The molecule has 0 N–H and O–H groups in total. The summed E-state index contributed by atoms with van der Waals surface area (Å²) in [6, 6.07) is 7.44. The zero-order chi connectivity index (χ0) is 24.3. The third-order valence-corrected chi connectivity index (χ3v) is 6.71. The summed E-state index contributed by atoms with van der Waals surface area (Å²) in [6.45, 7) is 10.7. The van der Waals surface area contributed by atoms with Gasteiger partial charge in [-0.15, -0.1) is 0 Å². The normalized spacial score (nSPS) is 25.7. The van der Waals surface area contributed by atoms with Crippen LogP contribution in [-0.2, 0) is 23.9 Å². The van der Waals surface area contributed by atoms with Crippen LogP contribution in [0.4, 0.5) is 0 Å². The Morgan fingerprint density at radius 1 is 1.12 bits per heavy atom. The van der Waals surface area contributed by atoms with E-state index in [1.807, 2.05) is 31.2 Å². The second kappa shape index (κ2) is 9.87. The Balaban J connectivity index is 1.58. The van der Waals surface area contributed by atoms with Gasteiger partial charge in [-0.1, -0.05) is 24.3 Å². The molecule has 1 aromatic rings. The van der Waals surface area contributed by atoms with Crippen molar-refractivity contribution < 1.29 is 28.7 Å². The number of rotatable bonds is 5. The second-order valence-corrected chi connectivity index (χ2v) is 8.89. The summed E-state index contributed by atoms with van der Waals surface area (Å²) < 4.78 is 10.8. The highest BCUT2D eigenvalue weighted by atomic mass is 16.5. The maximum Gasteiger partial charge on any atom is 0.322 e. The van der Waals surface area contributed by atoms with E-state index in [0.717, 1.165) is 5.56 Å². The Labute approximate surface area is 194 Å². The standard InChI is InChI=1S/C25H32N2O6/c1-16-6-8-19(9-7-16)23(30)27-14-12-26(13-15-27)21(28)11-10-20-25(4,24(31)32-5)22(29)17(2)18(3)33-20/h6-9,18,20H,2,10-15H2,1,3-5H3. The number of ether oxygens (including phenoxy) is 2. The summed E-state index contributed by atoms with van der Waals surface area (Å²) in [5.41, 5.74) is 0.419. The molecule has 8 heteroatoms. The SMILES string of the molecule is C=C1C(=O)C(C)(C(=O)OC)C(CCC(=O)N2CCN(C(=O)c3ccc(C)cc3)CC2)OC1C. The largest absolute Gasteiger partial charge is 0.468 e. The first kappa shape index (κ1) is 24.6. The molecule has 2 amide bonds. The van der Waals surface area contributed by atoms with Crippen molar-refractivity contribution in [1.29, 1.82) is 0 Å². The van der Waals surface area contributed by atoms with Crippen LogP contribution < -0.4 is 0 Å². The van der Waals surface area contributed by atoms with Gasteiger partial charge in [0.1, 0.15) is 0 Å². The topological polar surface area (TPSA) is 93.2 Å². The van der Waals surface area contributed by atoms with Gasteiger partial charge in [0.15, 0.2) is 11.2 Å². The lowest BCUT2D eigenvalue weighted by molar-refractivity contribution is -0.176. The lowest BCUT2D eigenvalue weighted by Gasteiger charge is -2.41. The number of nitrogens with zero attached hydrogens (tertiary/aromatic N) is 2. The Morgan fingerprint density at radius 2 is 1.70 bits per heavy atom. The van der Waals surface area contributed by atoms with Gasteiger partial charge in [-0.2, -0.15) is 0 Å². The van der Waals surface area contributed by atoms with Crippen LogP contribution in [0.25, 0.3) is 0 Å². The van der Waals surface area contributed by atoms with E-state index in [9.17, 15) is 19.2 Å². The predicted molar refractivity (Wildman–Crippen MR) is 122 cm³/mol. The molecule has 2 aliphatic rings. The zero-order valence-corrected chi connectivity index (χ0v) is 19.8. The van der Waals surface area contributed by atoms with E-state index in [4.69, 9.17) is 9.47 Å². The molecule has 0 saturated carbocycles. The number of amides is 2. The second-order valence-electron chi connectivity index (χ2n) is 8.89. The number of esters is 1. The summed E-state index contributed by atoms with van der Waals surface area (Å²) in [5.74, 6) is -1.24. The van der Waals surface area contributed by atoms with E-state index < -0.39 is 29.4 Å². The predicted octanol–water partition coefficient (Wildman–Crippen LogP) is 2.15. The van der Waals surface area contributed by atoms with E-state index in [1.165, 1.54) is 14.0 Å². The minimum absolute atomic E-state index is 0.0423. The maximum atomic E-state index is 12.9. The van der Waals surface area contributed by atoms with Crippen LogP contribution in [0.1, 0.15) is 42.6 Å². The van der Waals surface area contributed by atoms with Crippen molar-refractivity contribution in [3.63, 3.8) is 0 Å². The number of hydrogen-bond acceptors (Lipinski definition) is 6. The van der Waals surface area contributed by atoms with Crippen LogP contribution in [0, 0.1) is 12.3 Å². The lowest BCUT2D eigenvalue weighted by atomic mass is 9.72. The van der Waals surface area contributed by atoms with E-state index in [0.29, 0.717) is 31.7 Å². The van der Waals surface area contributed by atoms with Crippen molar-refractivity contribution in [2.75, 3.05) is 33.3 Å². The van der Waals surface area contributed by atoms with Crippen molar-refractivity contribution in [3.8, 4) is 0 Å². The van der Waals surface area contributed by atoms with Gasteiger partial charge in [0.25, 0.3) is 5.91 Å². The van der Waals surface area contributed by atoms with E-state index in [-0.39, 0.29) is 30.2 Å². The number of aryl methyl sites for hydroxylation is 1. The first-order chi connectivity index (χ1) is 15.6. The van der Waals surface area contributed by atoms with Gasteiger partial charge in [-0.25, -0.2) is 0 Å². The summed E-state index contributed by atoms with van der Waals surface area (Å²) in [7, 11) is 1.22. The number of ketones is 1. The fraction of sp³-hybridized carbons (Fsp3) is 0.520. The molecule has 0 bridgehead atoms.